The normalized spacial score (nSPS) is 24.0. The number of hydrogen-bond donors (Lipinski definition) is 4. The number of nitrogens with one attached hydrogen (secondary N) is 4. The van der Waals surface area contributed by atoms with Crippen LogP contribution >= 0.6 is 0 Å². The van der Waals surface area contributed by atoms with E-state index in [1.165, 1.54) is 4.90 Å². The first-order valence-electron chi connectivity index (χ1n) is 17.0. The molecule has 3 rings (SSSR count). The van der Waals surface area contributed by atoms with Crippen LogP contribution in [0.2, 0.25) is 0 Å². The summed E-state index contributed by atoms with van der Waals surface area (Å²) < 4.78 is 5.56. The summed E-state index contributed by atoms with van der Waals surface area (Å²) in [5, 5.41) is 11.0. The SMILES string of the molecule is CC(C)NC(=O)C(=O)C(CC1CC1)NC(=O)[C@@H]1[C@@H]2[C@H](CN1C(=O)[C@@H](NC(=O)N[C@H](C(=O)OC(C)(C)C)C(C)(C)C)C(C)(C)C)C2(C)C. The third kappa shape index (κ3) is 9.47. The highest BCUT2D eigenvalue weighted by atomic mass is 16.6. The first-order chi connectivity index (χ1) is 21.3. The summed E-state index contributed by atoms with van der Waals surface area (Å²) in [5.74, 6) is -2.73. The van der Waals surface area contributed by atoms with Gasteiger partial charge in [0.05, 0.1) is 6.04 Å². The predicted octanol–water partition coefficient (Wildman–Crippen LogP) is 3.32. The molecule has 1 heterocycles. The largest absolute Gasteiger partial charge is 0.458 e. The molecule has 6 atom stereocenters. The molecule has 2 saturated carbocycles. The second kappa shape index (κ2) is 13.4. The highest BCUT2D eigenvalue weighted by molar-refractivity contribution is 6.38. The molecule has 3 aliphatic rings. The molecule has 1 aliphatic heterocycles. The second-order valence-corrected chi connectivity index (χ2v) is 17.9. The van der Waals surface area contributed by atoms with Gasteiger partial charge in [-0.1, -0.05) is 68.2 Å². The lowest BCUT2D eigenvalue weighted by molar-refractivity contribution is -0.160. The van der Waals surface area contributed by atoms with Crippen LogP contribution in [0.3, 0.4) is 0 Å². The Labute approximate surface area is 280 Å². The van der Waals surface area contributed by atoms with Gasteiger partial charge in [-0.3, -0.25) is 19.2 Å². The number of carbonyl (C=O) groups is 6. The highest BCUT2D eigenvalue weighted by Gasteiger charge is 2.70. The van der Waals surface area contributed by atoms with Gasteiger partial charge in [-0.25, -0.2) is 9.59 Å². The quantitative estimate of drug-likeness (QED) is 0.195. The van der Waals surface area contributed by atoms with Gasteiger partial charge in [-0.05, 0) is 75.0 Å². The summed E-state index contributed by atoms with van der Waals surface area (Å²) in [6.45, 7) is 24.1. The maximum atomic E-state index is 14.3. The zero-order chi connectivity index (χ0) is 36.0. The monoisotopic (exact) mass is 661 g/mol. The predicted molar refractivity (Wildman–Crippen MR) is 178 cm³/mol. The van der Waals surface area contributed by atoms with Gasteiger partial charge in [-0.15, -0.1) is 0 Å². The average molecular weight is 662 g/mol. The number of likely N-dealkylation sites (tertiary alicyclic amines) is 1. The van der Waals surface area contributed by atoms with Crippen molar-refractivity contribution in [1.29, 1.82) is 0 Å². The second-order valence-electron chi connectivity index (χ2n) is 17.9. The molecule has 2 aliphatic carbocycles. The highest BCUT2D eigenvalue weighted by Crippen LogP contribution is 2.65. The van der Waals surface area contributed by atoms with Crippen molar-refractivity contribution >= 4 is 35.5 Å². The van der Waals surface area contributed by atoms with Crippen molar-refractivity contribution in [2.45, 2.75) is 145 Å². The molecule has 47 heavy (non-hydrogen) atoms. The molecule has 1 unspecified atom stereocenters. The molecule has 0 aromatic heterocycles. The number of hydrogen-bond acceptors (Lipinski definition) is 7. The van der Waals surface area contributed by atoms with Gasteiger partial charge in [0.2, 0.25) is 17.6 Å². The number of carbonyl (C=O) groups excluding carboxylic acids is 6. The van der Waals surface area contributed by atoms with Gasteiger partial charge in [0.25, 0.3) is 5.91 Å². The lowest BCUT2D eigenvalue weighted by Gasteiger charge is -2.38. The van der Waals surface area contributed by atoms with E-state index in [-0.39, 0.29) is 29.2 Å². The summed E-state index contributed by atoms with van der Waals surface area (Å²) in [6, 6.07) is -4.84. The fourth-order valence-corrected chi connectivity index (χ4v) is 6.59. The molecule has 0 aromatic carbocycles. The molecule has 12 nitrogen and oxygen atoms in total. The van der Waals surface area contributed by atoms with Gasteiger partial charge in [0.1, 0.15) is 23.7 Å². The van der Waals surface area contributed by atoms with Crippen molar-refractivity contribution in [1.82, 2.24) is 26.2 Å². The van der Waals surface area contributed by atoms with Crippen molar-refractivity contribution in [3.63, 3.8) is 0 Å². The van der Waals surface area contributed by atoms with Gasteiger partial charge in [0, 0.05) is 12.6 Å². The molecule has 5 amide bonds. The van der Waals surface area contributed by atoms with Crippen LogP contribution in [0, 0.1) is 34.0 Å². The van der Waals surface area contributed by atoms with E-state index < -0.39 is 76.1 Å². The third-order valence-electron chi connectivity index (χ3n) is 9.48. The van der Waals surface area contributed by atoms with Crippen molar-refractivity contribution in [3.05, 3.63) is 0 Å². The summed E-state index contributed by atoms with van der Waals surface area (Å²) in [4.78, 5) is 82.2. The van der Waals surface area contributed by atoms with Gasteiger partial charge in [0.15, 0.2) is 0 Å². The van der Waals surface area contributed by atoms with Gasteiger partial charge < -0.3 is 30.9 Å². The van der Waals surface area contributed by atoms with Crippen molar-refractivity contribution in [2.75, 3.05) is 6.54 Å². The summed E-state index contributed by atoms with van der Waals surface area (Å²) in [5.41, 5.74) is -2.41. The molecule has 12 heteroatoms. The van der Waals surface area contributed by atoms with E-state index in [2.05, 4.69) is 35.1 Å². The molecule has 0 aromatic rings. The van der Waals surface area contributed by atoms with E-state index >= 15 is 0 Å². The molecule has 0 bridgehead atoms. The Morgan fingerprint density at radius 1 is 0.809 bits per heavy atom. The number of urea groups is 1. The van der Waals surface area contributed by atoms with Crippen LogP contribution in [0.25, 0.3) is 0 Å². The van der Waals surface area contributed by atoms with Crippen molar-refractivity contribution in [2.24, 2.45) is 34.0 Å². The first kappa shape index (κ1) is 38.3. The minimum absolute atomic E-state index is 0.0657. The smallest absolute Gasteiger partial charge is 0.329 e. The van der Waals surface area contributed by atoms with Gasteiger partial charge >= 0.3 is 12.0 Å². The van der Waals surface area contributed by atoms with Crippen LogP contribution in [-0.4, -0.2) is 82.8 Å². The number of ether oxygens (including phenoxy) is 1. The van der Waals surface area contributed by atoms with Crippen LogP contribution in [0.4, 0.5) is 4.79 Å². The number of amides is 5. The number of rotatable bonds is 11. The van der Waals surface area contributed by atoms with E-state index in [0.29, 0.717) is 13.0 Å². The maximum Gasteiger partial charge on any atom is 0.329 e. The van der Waals surface area contributed by atoms with E-state index in [0.717, 1.165) is 12.8 Å². The molecule has 0 spiro atoms. The Morgan fingerprint density at radius 3 is 1.81 bits per heavy atom. The lowest BCUT2D eigenvalue weighted by Crippen LogP contribution is -2.63. The van der Waals surface area contributed by atoms with Crippen LogP contribution in [0.15, 0.2) is 0 Å². The Bertz CT molecular complexity index is 1250. The minimum Gasteiger partial charge on any atom is -0.458 e. The van der Waals surface area contributed by atoms with Crippen molar-refractivity contribution < 1.29 is 33.5 Å². The number of nitrogens with zero attached hydrogens (tertiary/aromatic N) is 1. The van der Waals surface area contributed by atoms with E-state index in [1.54, 1.807) is 34.6 Å². The Hall–Kier alpha value is -3.18. The molecular formula is C35H59N5O7. The fourth-order valence-electron chi connectivity index (χ4n) is 6.59. The van der Waals surface area contributed by atoms with Crippen molar-refractivity contribution in [3.8, 4) is 0 Å². The number of esters is 1. The van der Waals surface area contributed by atoms with Crippen LogP contribution < -0.4 is 21.3 Å². The third-order valence-corrected chi connectivity index (χ3v) is 9.48. The maximum absolute atomic E-state index is 14.3. The topological polar surface area (TPSA) is 163 Å². The average Bonchev–Trinajstić information content (AvgIpc) is 3.73. The zero-order valence-corrected chi connectivity index (χ0v) is 30.8. The molecule has 3 fully saturated rings. The Morgan fingerprint density at radius 2 is 1.34 bits per heavy atom. The number of piperidine rings is 1. The van der Waals surface area contributed by atoms with Gasteiger partial charge in [-0.2, -0.15) is 0 Å². The molecule has 266 valence electrons. The number of ketones is 1. The van der Waals surface area contributed by atoms with E-state index in [9.17, 15) is 28.8 Å². The number of fused-ring (bicyclic) bond motifs is 1. The fraction of sp³-hybridized carbons (Fsp3) is 0.829. The Kier molecular flexibility index (Phi) is 10.9. The van der Waals surface area contributed by atoms with E-state index in [4.69, 9.17) is 4.74 Å². The summed E-state index contributed by atoms with van der Waals surface area (Å²) in [6.07, 6.45) is 2.23. The molecular weight excluding hydrogens is 602 g/mol. The zero-order valence-electron chi connectivity index (χ0n) is 30.8. The van der Waals surface area contributed by atoms with E-state index in [1.807, 2.05) is 41.5 Å². The lowest BCUT2D eigenvalue weighted by atomic mass is 9.85. The molecule has 4 N–H and O–H groups in total. The van der Waals surface area contributed by atoms with Crippen LogP contribution in [0.1, 0.15) is 109 Å². The first-order valence-corrected chi connectivity index (χ1v) is 17.0. The molecule has 1 saturated heterocycles. The number of Topliss-reactive ketones (excluding diaryl/α,β-unsaturated/α-hetero) is 1. The summed E-state index contributed by atoms with van der Waals surface area (Å²) in [7, 11) is 0. The Balaban J connectivity index is 1.84. The molecule has 0 radical (unpaired) electrons. The summed E-state index contributed by atoms with van der Waals surface area (Å²) >= 11 is 0. The standard InChI is InChI=1S/C35H59N5O7/c1-18(2)36-28(43)24(41)21(16-19-14-15-19)37-27(42)23-22-20(35(22,12)13)17-40(23)29(44)25(32(3,4)5)38-31(46)39-26(33(6,7)8)30(45)47-34(9,10)11/h18-23,25-26H,14-17H2,1-13H3,(H,36,43)(H,37,42)(H2,38,39,46)/t20-,21?,22-,23-,25+,26+/m0/s1. The van der Waals surface area contributed by atoms with Crippen LogP contribution in [0.5, 0.6) is 0 Å². The minimum atomic E-state index is -1.04. The van der Waals surface area contributed by atoms with Crippen LogP contribution in [-0.2, 0) is 28.7 Å².